The lowest BCUT2D eigenvalue weighted by atomic mass is 9.83. The fraction of sp³-hybridized carbons (Fsp3) is 0.429. The first-order chi connectivity index (χ1) is 10.2. The molecular weight excluding hydrogens is 348 g/mol. The van der Waals surface area contributed by atoms with Gasteiger partial charge in [-0.3, -0.25) is 4.55 Å². The number of benzene rings is 1. The maximum absolute atomic E-state index is 11.7. The number of rotatable bonds is 4. The molecular formula is C14H15ClO5S2. The van der Waals surface area contributed by atoms with Crippen LogP contribution in [0.15, 0.2) is 17.0 Å². The molecule has 0 unspecified atom stereocenters. The van der Waals surface area contributed by atoms with E-state index in [1.54, 1.807) is 6.07 Å². The summed E-state index contributed by atoms with van der Waals surface area (Å²) in [5.74, 6) is -1.34. The highest BCUT2D eigenvalue weighted by molar-refractivity contribution is 7.86. The second kappa shape index (κ2) is 6.62. The smallest absolute Gasteiger partial charge is 0.347 e. The van der Waals surface area contributed by atoms with Crippen molar-refractivity contribution in [1.29, 1.82) is 0 Å². The van der Waals surface area contributed by atoms with Gasteiger partial charge >= 0.3 is 5.97 Å². The third-order valence-corrected chi connectivity index (χ3v) is 5.72. The Labute approximate surface area is 139 Å². The van der Waals surface area contributed by atoms with Gasteiger partial charge in [-0.25, -0.2) is 4.79 Å². The van der Waals surface area contributed by atoms with Crippen molar-refractivity contribution in [2.75, 3.05) is 0 Å². The lowest BCUT2D eigenvalue weighted by Crippen LogP contribution is -2.17. The molecule has 0 bridgehead atoms. The molecule has 0 aromatic heterocycles. The van der Waals surface area contributed by atoms with Crippen molar-refractivity contribution in [2.45, 2.75) is 42.9 Å². The van der Waals surface area contributed by atoms with Crippen LogP contribution in [0, 0.1) is 0 Å². The minimum Gasteiger partial charge on any atom is -0.477 e. The first-order valence-electron chi connectivity index (χ1n) is 6.81. The molecule has 0 spiro atoms. The van der Waals surface area contributed by atoms with Crippen LogP contribution in [0.5, 0.6) is 0 Å². The lowest BCUT2D eigenvalue weighted by Gasteiger charge is -2.24. The summed E-state index contributed by atoms with van der Waals surface area (Å²) in [4.78, 5) is 9.82. The van der Waals surface area contributed by atoms with Gasteiger partial charge in [0.05, 0.1) is 5.02 Å². The van der Waals surface area contributed by atoms with Gasteiger partial charge in [0, 0.05) is 5.56 Å². The van der Waals surface area contributed by atoms with Gasteiger partial charge in [-0.1, -0.05) is 55.2 Å². The number of hydrogen-bond donors (Lipinski definition) is 2. The summed E-state index contributed by atoms with van der Waals surface area (Å²) in [6.07, 6.45) is 4.94. The normalized spacial score (nSPS) is 16.5. The summed E-state index contributed by atoms with van der Waals surface area (Å²) in [7, 11) is -4.69. The Morgan fingerprint density at radius 3 is 2.32 bits per heavy atom. The van der Waals surface area contributed by atoms with Gasteiger partial charge in [-0.15, -0.1) is 0 Å². The Balaban J connectivity index is 2.62. The van der Waals surface area contributed by atoms with E-state index in [9.17, 15) is 17.8 Å². The first-order valence-corrected chi connectivity index (χ1v) is 9.03. The highest BCUT2D eigenvalue weighted by atomic mass is 35.5. The molecule has 0 atom stereocenters. The van der Waals surface area contributed by atoms with Crippen LogP contribution in [0.4, 0.5) is 0 Å². The summed E-state index contributed by atoms with van der Waals surface area (Å²) >= 11 is 10.9. The molecule has 1 aliphatic rings. The molecule has 2 N–H and O–H groups in total. The van der Waals surface area contributed by atoms with E-state index in [1.807, 2.05) is 0 Å². The number of carboxylic acids is 1. The number of carbonyl (C=O) groups is 1. The maximum atomic E-state index is 11.7. The molecule has 1 saturated carbocycles. The van der Waals surface area contributed by atoms with E-state index in [4.69, 9.17) is 28.9 Å². The molecule has 0 aliphatic heterocycles. The van der Waals surface area contributed by atoms with Crippen LogP contribution in [0.3, 0.4) is 0 Å². The first kappa shape index (κ1) is 17.3. The fourth-order valence-corrected chi connectivity index (χ4v) is 4.49. The van der Waals surface area contributed by atoms with Gasteiger partial charge in [-0.2, -0.15) is 8.42 Å². The standard InChI is InChI=1S/C14H15ClO5S2/c15-11-9(8-4-2-1-3-5-8)6-7-10(12(21)14(16)17)13(11)22(18,19)20/h6-8H,1-5H2,(H,16,17)(H,18,19,20). The highest BCUT2D eigenvalue weighted by Crippen LogP contribution is 2.40. The van der Waals surface area contributed by atoms with E-state index in [1.165, 1.54) is 6.07 Å². The van der Waals surface area contributed by atoms with E-state index in [-0.39, 0.29) is 16.5 Å². The van der Waals surface area contributed by atoms with Crippen LogP contribution in [0.2, 0.25) is 5.02 Å². The van der Waals surface area contributed by atoms with Crippen molar-refractivity contribution in [3.63, 3.8) is 0 Å². The van der Waals surface area contributed by atoms with Gasteiger partial charge < -0.3 is 5.11 Å². The minimum absolute atomic E-state index is 0.106. The van der Waals surface area contributed by atoms with Gasteiger partial charge in [0.1, 0.15) is 9.76 Å². The van der Waals surface area contributed by atoms with Crippen molar-refractivity contribution >= 4 is 44.8 Å². The second-order valence-electron chi connectivity index (χ2n) is 5.29. The topological polar surface area (TPSA) is 91.7 Å². The fourth-order valence-electron chi connectivity index (χ4n) is 2.85. The second-order valence-corrected chi connectivity index (χ2v) is 7.43. The number of aliphatic carboxylic acids is 1. The van der Waals surface area contributed by atoms with Crippen molar-refractivity contribution in [3.8, 4) is 0 Å². The molecule has 1 aliphatic carbocycles. The van der Waals surface area contributed by atoms with Crippen LogP contribution < -0.4 is 0 Å². The summed E-state index contributed by atoms with van der Waals surface area (Å²) < 4.78 is 32.7. The molecule has 22 heavy (non-hydrogen) atoms. The number of halogens is 1. The molecule has 120 valence electrons. The summed E-state index contributed by atoms with van der Waals surface area (Å²) in [5.41, 5.74) is 0.362. The SMILES string of the molecule is O=C(O)C(=S)c1ccc(C2CCCCC2)c(Cl)c1S(=O)(=O)O. The zero-order chi connectivity index (χ0) is 16.5. The van der Waals surface area contributed by atoms with Crippen LogP contribution in [-0.4, -0.2) is 28.9 Å². The summed E-state index contributed by atoms with van der Waals surface area (Å²) in [6, 6.07) is 2.92. The Bertz CT molecular complexity index is 721. The molecule has 1 fully saturated rings. The van der Waals surface area contributed by atoms with Crippen molar-refractivity contribution in [2.24, 2.45) is 0 Å². The highest BCUT2D eigenvalue weighted by Gasteiger charge is 2.29. The average molecular weight is 363 g/mol. The third kappa shape index (κ3) is 3.48. The molecule has 0 saturated heterocycles. The minimum atomic E-state index is -4.69. The molecule has 0 radical (unpaired) electrons. The van der Waals surface area contributed by atoms with E-state index in [2.05, 4.69) is 0 Å². The largest absolute Gasteiger partial charge is 0.477 e. The predicted octanol–water partition coefficient (Wildman–Crippen LogP) is 3.44. The zero-order valence-electron chi connectivity index (χ0n) is 11.6. The maximum Gasteiger partial charge on any atom is 0.347 e. The van der Waals surface area contributed by atoms with E-state index >= 15 is 0 Å². The molecule has 0 amide bonds. The third-order valence-electron chi connectivity index (χ3n) is 3.87. The summed E-state index contributed by atoms with van der Waals surface area (Å²) in [5, 5.41) is 8.84. The quantitative estimate of drug-likeness (QED) is 0.484. The van der Waals surface area contributed by atoms with Gasteiger partial charge in [0.2, 0.25) is 0 Å². The van der Waals surface area contributed by atoms with Gasteiger partial charge in [-0.05, 0) is 24.3 Å². The van der Waals surface area contributed by atoms with E-state index in [0.717, 1.165) is 32.1 Å². The van der Waals surface area contributed by atoms with Gasteiger partial charge in [0.25, 0.3) is 10.1 Å². The Kier molecular flexibility index (Phi) is 5.21. The predicted molar refractivity (Wildman–Crippen MR) is 86.4 cm³/mol. The molecule has 5 nitrogen and oxygen atoms in total. The monoisotopic (exact) mass is 362 g/mol. The van der Waals surface area contributed by atoms with E-state index in [0.29, 0.717) is 5.56 Å². The zero-order valence-corrected chi connectivity index (χ0v) is 14.0. The number of thiocarbonyl (C=S) groups is 1. The Morgan fingerprint density at radius 1 is 1.23 bits per heavy atom. The number of hydrogen-bond acceptors (Lipinski definition) is 4. The average Bonchev–Trinajstić information content (AvgIpc) is 2.45. The molecule has 1 aromatic carbocycles. The van der Waals surface area contributed by atoms with Crippen LogP contribution in [0.25, 0.3) is 0 Å². The molecule has 0 heterocycles. The molecule has 8 heteroatoms. The molecule has 2 rings (SSSR count). The van der Waals surface area contributed by atoms with Crippen LogP contribution in [-0.2, 0) is 14.9 Å². The summed E-state index contributed by atoms with van der Waals surface area (Å²) in [6.45, 7) is 0. The van der Waals surface area contributed by atoms with Crippen molar-refractivity contribution in [3.05, 3.63) is 28.3 Å². The van der Waals surface area contributed by atoms with Crippen molar-refractivity contribution < 1.29 is 22.9 Å². The van der Waals surface area contributed by atoms with E-state index < -0.39 is 25.8 Å². The Morgan fingerprint density at radius 2 is 1.82 bits per heavy atom. The molecule has 1 aromatic rings. The van der Waals surface area contributed by atoms with Gasteiger partial charge in [0.15, 0.2) is 0 Å². The van der Waals surface area contributed by atoms with Crippen molar-refractivity contribution in [1.82, 2.24) is 0 Å². The van der Waals surface area contributed by atoms with Crippen LogP contribution >= 0.6 is 23.8 Å². The lowest BCUT2D eigenvalue weighted by molar-refractivity contribution is -0.129. The number of carboxylic acid groups (broad SMARTS) is 1. The Hall–Kier alpha value is -1.02. The van der Waals surface area contributed by atoms with Crippen LogP contribution in [0.1, 0.15) is 49.1 Å².